The number of benzene rings is 1. The maximum absolute atomic E-state index is 12.8. The highest BCUT2D eigenvalue weighted by molar-refractivity contribution is 7.71. The van der Waals surface area contributed by atoms with E-state index in [1.165, 1.54) is 0 Å². The van der Waals surface area contributed by atoms with E-state index in [1.807, 2.05) is 52.0 Å². The fraction of sp³-hybridized carbons (Fsp3) is 0.455. The molecule has 1 atom stereocenters. The van der Waals surface area contributed by atoms with Crippen molar-refractivity contribution >= 4 is 12.6 Å². The van der Waals surface area contributed by atoms with E-state index < -0.39 is 7.29 Å². The fourth-order valence-electron chi connectivity index (χ4n) is 1.54. The standard InChI is InChI=1S/C11H19N2OP/c1-9-7-5-6-8-10(9)15(14,13-12)11(2,3)4/h5-8H,12H2,1-4H3,(H,13,14). The lowest BCUT2D eigenvalue weighted by molar-refractivity contribution is 0.546. The van der Waals surface area contributed by atoms with E-state index in [4.69, 9.17) is 5.84 Å². The average Bonchev–Trinajstić information content (AvgIpc) is 2.15. The van der Waals surface area contributed by atoms with Gasteiger partial charge in [-0.15, -0.1) is 0 Å². The molecule has 0 bridgehead atoms. The molecule has 0 aliphatic rings. The highest BCUT2D eigenvalue weighted by Crippen LogP contribution is 2.52. The monoisotopic (exact) mass is 226 g/mol. The summed E-state index contributed by atoms with van der Waals surface area (Å²) in [5, 5.41) is 2.97. The summed E-state index contributed by atoms with van der Waals surface area (Å²) in [7, 11) is -2.75. The van der Waals surface area contributed by atoms with Crippen LogP contribution in [0.25, 0.3) is 0 Å². The van der Waals surface area contributed by atoms with Gasteiger partial charge < -0.3 is 0 Å². The van der Waals surface area contributed by atoms with Crippen molar-refractivity contribution in [2.75, 3.05) is 0 Å². The number of rotatable bonds is 2. The number of nitrogens with one attached hydrogen (secondary N) is 1. The molecule has 0 heterocycles. The predicted molar refractivity (Wildman–Crippen MR) is 65.5 cm³/mol. The zero-order valence-electron chi connectivity index (χ0n) is 9.74. The minimum atomic E-state index is -2.75. The molecular weight excluding hydrogens is 207 g/mol. The summed E-state index contributed by atoms with van der Waals surface area (Å²) in [6, 6.07) is 7.65. The Hall–Kier alpha value is -0.630. The molecule has 0 aliphatic heterocycles. The largest absolute Gasteiger partial charge is 0.300 e. The second-order valence-electron chi connectivity index (χ2n) is 4.70. The zero-order valence-corrected chi connectivity index (χ0v) is 10.6. The third kappa shape index (κ3) is 2.15. The van der Waals surface area contributed by atoms with Crippen LogP contribution in [0.4, 0.5) is 0 Å². The Kier molecular flexibility index (Phi) is 3.39. The Morgan fingerprint density at radius 2 is 1.80 bits per heavy atom. The first kappa shape index (κ1) is 12.4. The number of hydrogen-bond donors (Lipinski definition) is 2. The maximum Gasteiger partial charge on any atom is 0.194 e. The van der Waals surface area contributed by atoms with Crippen molar-refractivity contribution in [3.63, 3.8) is 0 Å². The molecule has 0 spiro atoms. The van der Waals surface area contributed by atoms with Crippen LogP contribution >= 0.6 is 7.29 Å². The van der Waals surface area contributed by atoms with Gasteiger partial charge in [0.2, 0.25) is 0 Å². The average molecular weight is 226 g/mol. The summed E-state index contributed by atoms with van der Waals surface area (Å²) in [4.78, 5) is 0. The van der Waals surface area contributed by atoms with E-state index in [1.54, 1.807) is 0 Å². The van der Waals surface area contributed by atoms with Gasteiger partial charge in [-0.1, -0.05) is 39.0 Å². The van der Waals surface area contributed by atoms with Gasteiger partial charge >= 0.3 is 0 Å². The molecule has 1 aromatic carbocycles. The SMILES string of the molecule is Cc1ccccc1P(=O)(NN)C(C)(C)C. The first-order chi connectivity index (χ1) is 6.83. The van der Waals surface area contributed by atoms with Gasteiger partial charge in [0.15, 0.2) is 7.29 Å². The number of hydrogen-bond acceptors (Lipinski definition) is 2. The molecule has 84 valence electrons. The summed E-state index contributed by atoms with van der Waals surface area (Å²) in [6.45, 7) is 7.74. The molecule has 0 fully saturated rings. The van der Waals surface area contributed by atoms with Crippen molar-refractivity contribution in [3.8, 4) is 0 Å². The maximum atomic E-state index is 12.8. The second kappa shape index (κ2) is 4.09. The molecule has 15 heavy (non-hydrogen) atoms. The van der Waals surface area contributed by atoms with Gasteiger partial charge in [-0.3, -0.25) is 10.4 Å². The van der Waals surface area contributed by atoms with E-state index >= 15 is 0 Å². The van der Waals surface area contributed by atoms with Crippen molar-refractivity contribution in [1.29, 1.82) is 0 Å². The quantitative estimate of drug-likeness (QED) is 0.461. The van der Waals surface area contributed by atoms with E-state index in [-0.39, 0.29) is 5.16 Å². The van der Waals surface area contributed by atoms with Gasteiger partial charge in [0.05, 0.1) is 0 Å². The fourth-order valence-corrected chi connectivity index (χ4v) is 3.66. The second-order valence-corrected chi connectivity index (χ2v) is 8.00. The summed E-state index contributed by atoms with van der Waals surface area (Å²) in [6.07, 6.45) is 0. The molecular formula is C11H19N2OP. The first-order valence-electron chi connectivity index (χ1n) is 4.97. The molecule has 1 aromatic rings. The number of hydrazine groups is 1. The lowest BCUT2D eigenvalue weighted by Gasteiger charge is -2.31. The van der Waals surface area contributed by atoms with Crippen LogP contribution < -0.4 is 16.3 Å². The molecule has 4 heteroatoms. The Morgan fingerprint density at radius 3 is 2.20 bits per heavy atom. The molecule has 3 nitrogen and oxygen atoms in total. The molecule has 0 amide bonds. The number of nitrogens with two attached hydrogens (primary N) is 1. The zero-order chi connectivity index (χ0) is 11.7. The van der Waals surface area contributed by atoms with E-state index in [0.717, 1.165) is 10.9 Å². The molecule has 1 unspecified atom stereocenters. The highest BCUT2D eigenvalue weighted by Gasteiger charge is 2.38. The van der Waals surface area contributed by atoms with Crippen molar-refractivity contribution < 1.29 is 4.57 Å². The summed E-state index contributed by atoms with van der Waals surface area (Å²) in [5.41, 5.74) is 1.01. The number of aryl methyl sites for hydroxylation is 1. The Bertz CT molecular complexity index is 396. The van der Waals surface area contributed by atoms with Crippen LogP contribution in [0.5, 0.6) is 0 Å². The molecule has 0 aromatic heterocycles. The summed E-state index contributed by atoms with van der Waals surface area (Å²) < 4.78 is 12.8. The highest BCUT2D eigenvalue weighted by atomic mass is 31.2. The third-order valence-corrected chi connectivity index (χ3v) is 6.01. The molecule has 0 saturated heterocycles. The van der Waals surface area contributed by atoms with Gasteiger partial charge in [-0.05, 0) is 18.6 Å². The van der Waals surface area contributed by atoms with Gasteiger partial charge in [0.25, 0.3) is 0 Å². The predicted octanol–water partition coefficient (Wildman–Crippen LogP) is 2.16. The van der Waals surface area contributed by atoms with Gasteiger partial charge in [-0.25, -0.2) is 5.20 Å². The van der Waals surface area contributed by atoms with Crippen LogP contribution in [0, 0.1) is 6.92 Å². The summed E-state index contributed by atoms with van der Waals surface area (Å²) in [5.74, 6) is 5.48. The van der Waals surface area contributed by atoms with Crippen molar-refractivity contribution in [3.05, 3.63) is 29.8 Å². The lowest BCUT2D eigenvalue weighted by Crippen LogP contribution is -2.37. The minimum absolute atomic E-state index is 0.381. The van der Waals surface area contributed by atoms with Crippen LogP contribution in [-0.4, -0.2) is 5.16 Å². The smallest absolute Gasteiger partial charge is 0.194 e. The first-order valence-corrected chi connectivity index (χ1v) is 6.68. The van der Waals surface area contributed by atoms with E-state index in [9.17, 15) is 4.57 Å². The van der Waals surface area contributed by atoms with Crippen LogP contribution in [-0.2, 0) is 4.57 Å². The molecule has 0 saturated carbocycles. The summed E-state index contributed by atoms with van der Waals surface area (Å²) >= 11 is 0. The molecule has 0 aliphatic carbocycles. The normalized spacial score (nSPS) is 16.1. The molecule has 3 N–H and O–H groups in total. The van der Waals surface area contributed by atoms with Gasteiger partial charge in [-0.2, -0.15) is 0 Å². The van der Waals surface area contributed by atoms with E-state index in [2.05, 4.69) is 5.20 Å². The van der Waals surface area contributed by atoms with Gasteiger partial charge in [0.1, 0.15) is 0 Å². The Morgan fingerprint density at radius 1 is 1.27 bits per heavy atom. The van der Waals surface area contributed by atoms with E-state index in [0.29, 0.717) is 0 Å². The Labute approximate surface area is 91.5 Å². The topological polar surface area (TPSA) is 55.1 Å². The van der Waals surface area contributed by atoms with Crippen molar-refractivity contribution in [2.45, 2.75) is 32.9 Å². The Balaban J connectivity index is 3.38. The van der Waals surface area contributed by atoms with Crippen molar-refractivity contribution in [2.24, 2.45) is 5.84 Å². The van der Waals surface area contributed by atoms with Crippen LogP contribution in [0.15, 0.2) is 24.3 Å². The van der Waals surface area contributed by atoms with Crippen molar-refractivity contribution in [1.82, 2.24) is 5.20 Å². The minimum Gasteiger partial charge on any atom is -0.300 e. The van der Waals surface area contributed by atoms with Crippen LogP contribution in [0.3, 0.4) is 0 Å². The van der Waals surface area contributed by atoms with Gasteiger partial charge in [0, 0.05) is 10.5 Å². The molecule has 0 radical (unpaired) electrons. The van der Waals surface area contributed by atoms with Crippen LogP contribution in [0.2, 0.25) is 0 Å². The van der Waals surface area contributed by atoms with Crippen LogP contribution in [0.1, 0.15) is 26.3 Å². The lowest BCUT2D eigenvalue weighted by atomic mass is 10.2. The molecule has 1 rings (SSSR count). The third-order valence-electron chi connectivity index (χ3n) is 2.58.